The van der Waals surface area contributed by atoms with Crippen LogP contribution in [0.25, 0.3) is 0 Å². The minimum absolute atomic E-state index is 0.0599. The molecule has 0 unspecified atom stereocenters. The fourth-order valence-electron chi connectivity index (χ4n) is 8.05. The quantitative estimate of drug-likeness (QED) is 0.0349. The van der Waals surface area contributed by atoms with Crippen LogP contribution in [-0.2, 0) is 23.9 Å². The zero-order chi connectivity index (χ0) is 40.8. The van der Waals surface area contributed by atoms with E-state index in [1.54, 1.807) is 0 Å². The molecule has 0 amide bonds. The van der Waals surface area contributed by atoms with Gasteiger partial charge >= 0.3 is 11.9 Å². The summed E-state index contributed by atoms with van der Waals surface area (Å²) < 4.78 is 11.6. The molecule has 0 bridgehead atoms. The third-order valence-electron chi connectivity index (χ3n) is 11.9. The van der Waals surface area contributed by atoms with Crippen LogP contribution in [0.5, 0.6) is 0 Å². The number of hydrogen-bond donors (Lipinski definition) is 0. The molecule has 0 aliphatic carbocycles. The Hall–Kier alpha value is -1.39. The molecule has 0 aliphatic rings. The molecule has 0 rings (SSSR count). The molecule has 0 fully saturated rings. The van der Waals surface area contributed by atoms with Gasteiger partial charge in [-0.3, -0.25) is 9.59 Å². The van der Waals surface area contributed by atoms with E-state index in [0.717, 1.165) is 57.7 Å². The van der Waals surface area contributed by atoms with Gasteiger partial charge < -0.3 is 14.3 Å². The highest BCUT2D eigenvalue weighted by molar-refractivity contribution is 5.70. The molecule has 5 nitrogen and oxygen atoms in total. The van der Waals surface area contributed by atoms with Crippen LogP contribution in [0, 0.1) is 5.92 Å². The van der Waals surface area contributed by atoms with E-state index in [1.165, 1.54) is 199 Å². The van der Waals surface area contributed by atoms with Gasteiger partial charge in [0.2, 0.25) is 0 Å². The van der Waals surface area contributed by atoms with Crippen molar-refractivity contribution < 1.29 is 23.9 Å². The van der Waals surface area contributed by atoms with Gasteiger partial charge in [0.15, 0.2) is 0 Å². The van der Waals surface area contributed by atoms with Crippen LogP contribution in [0.4, 0.5) is 0 Å². The molecular formula is C51H98O5. The van der Waals surface area contributed by atoms with Crippen LogP contribution >= 0.6 is 0 Å². The molecule has 0 radical (unpaired) electrons. The number of ether oxygens (including phenoxy) is 2. The second kappa shape index (κ2) is 46.3. The maximum absolute atomic E-state index is 12.9. The topological polar surface area (TPSA) is 69.7 Å². The van der Waals surface area contributed by atoms with Gasteiger partial charge in [-0.1, -0.05) is 252 Å². The lowest BCUT2D eigenvalue weighted by atomic mass is 9.95. The normalized spacial score (nSPS) is 12.5. The summed E-state index contributed by atoms with van der Waals surface area (Å²) in [6.45, 7) is 6.87. The van der Waals surface area contributed by atoms with Crippen molar-refractivity contribution in [2.45, 2.75) is 297 Å². The molecule has 0 saturated carbocycles. The van der Waals surface area contributed by atoms with E-state index in [2.05, 4.69) is 20.8 Å². The summed E-state index contributed by atoms with van der Waals surface area (Å²) in [6.07, 6.45) is 51.0. The first-order valence-corrected chi connectivity index (χ1v) is 25.4. The molecular weight excluding hydrogens is 693 g/mol. The predicted octanol–water partition coefficient (Wildman–Crippen LogP) is 16.7. The van der Waals surface area contributed by atoms with Gasteiger partial charge in [-0.25, -0.2) is 0 Å². The number of esters is 2. The number of unbranched alkanes of at least 4 members (excludes halogenated alkanes) is 35. The first kappa shape index (κ1) is 54.6. The van der Waals surface area contributed by atoms with Crippen LogP contribution in [-0.4, -0.2) is 30.9 Å². The highest BCUT2D eigenvalue weighted by Gasteiger charge is 2.22. The first-order chi connectivity index (χ1) is 27.6. The van der Waals surface area contributed by atoms with Crippen LogP contribution in [0.1, 0.15) is 290 Å². The van der Waals surface area contributed by atoms with Crippen LogP contribution in [0.3, 0.4) is 0 Å². The second-order valence-electron chi connectivity index (χ2n) is 17.6. The highest BCUT2D eigenvalue weighted by Crippen LogP contribution is 2.20. The maximum atomic E-state index is 12.9. The standard InChI is InChI=1S/C51H98O5/c1-4-7-10-13-16-19-22-25-28-31-34-37-40-43-50(53)55-47-49(45-48(46-52)42-39-36-33-30-27-24-21-18-15-12-9-6-3)56-51(54)44-41-38-35-32-29-26-23-20-17-14-11-8-5-2/h46,48-49H,4-45,47H2,1-3H3/t48-,49+/m0/s1. The largest absolute Gasteiger partial charge is 0.462 e. The second-order valence-corrected chi connectivity index (χ2v) is 17.6. The number of aldehydes is 1. The molecule has 0 aliphatic heterocycles. The van der Waals surface area contributed by atoms with Crippen molar-refractivity contribution in [3.8, 4) is 0 Å². The van der Waals surface area contributed by atoms with Gasteiger partial charge in [0, 0.05) is 18.8 Å². The van der Waals surface area contributed by atoms with Crippen LogP contribution < -0.4 is 0 Å². The van der Waals surface area contributed by atoms with Crippen molar-refractivity contribution >= 4 is 18.2 Å². The smallest absolute Gasteiger partial charge is 0.306 e. The van der Waals surface area contributed by atoms with E-state index in [1.807, 2.05) is 0 Å². The molecule has 5 heteroatoms. The van der Waals surface area contributed by atoms with Gasteiger partial charge in [0.25, 0.3) is 0 Å². The SMILES string of the molecule is CCCCCCCCCCCCCCCC(=O)OC[C@@H](C[C@@H](C=O)CCCCCCCCCCCCCC)OC(=O)CCCCCCCCCCCCCCC. The Morgan fingerprint density at radius 2 is 0.679 bits per heavy atom. The van der Waals surface area contributed by atoms with E-state index in [4.69, 9.17) is 9.47 Å². The molecule has 0 saturated heterocycles. The average molecular weight is 791 g/mol. The molecule has 2 atom stereocenters. The number of rotatable bonds is 47. The van der Waals surface area contributed by atoms with Crippen molar-refractivity contribution in [2.75, 3.05) is 6.61 Å². The monoisotopic (exact) mass is 791 g/mol. The molecule has 0 N–H and O–H groups in total. The Morgan fingerprint density at radius 3 is 1.00 bits per heavy atom. The summed E-state index contributed by atoms with van der Waals surface area (Å²) in [5.74, 6) is -0.609. The van der Waals surface area contributed by atoms with Crippen molar-refractivity contribution in [3.05, 3.63) is 0 Å². The minimum atomic E-state index is -0.549. The van der Waals surface area contributed by atoms with Gasteiger partial charge in [-0.05, 0) is 25.7 Å². The average Bonchev–Trinajstić information content (AvgIpc) is 3.20. The summed E-state index contributed by atoms with van der Waals surface area (Å²) in [5, 5.41) is 0. The molecule has 332 valence electrons. The zero-order valence-electron chi connectivity index (χ0n) is 38.2. The fraction of sp³-hybridized carbons (Fsp3) is 0.941. The Labute approximate surface area is 350 Å². The third kappa shape index (κ3) is 42.2. The number of carbonyl (C=O) groups excluding carboxylic acids is 3. The minimum Gasteiger partial charge on any atom is -0.462 e. The Bertz CT molecular complexity index is 812. The Morgan fingerprint density at radius 1 is 0.393 bits per heavy atom. The molecule has 56 heavy (non-hydrogen) atoms. The van der Waals surface area contributed by atoms with E-state index < -0.39 is 6.10 Å². The number of hydrogen-bond acceptors (Lipinski definition) is 5. The molecule has 0 aromatic heterocycles. The van der Waals surface area contributed by atoms with E-state index in [0.29, 0.717) is 19.3 Å². The van der Waals surface area contributed by atoms with Crippen molar-refractivity contribution in [1.82, 2.24) is 0 Å². The number of carbonyl (C=O) groups is 3. The van der Waals surface area contributed by atoms with Gasteiger partial charge in [0.05, 0.1) is 0 Å². The summed E-state index contributed by atoms with van der Waals surface area (Å²) in [4.78, 5) is 37.7. The summed E-state index contributed by atoms with van der Waals surface area (Å²) in [5.41, 5.74) is 0. The Balaban J connectivity index is 4.43. The molecule has 0 aromatic carbocycles. The van der Waals surface area contributed by atoms with E-state index >= 15 is 0 Å². The Kier molecular flexibility index (Phi) is 45.2. The van der Waals surface area contributed by atoms with Crippen molar-refractivity contribution in [1.29, 1.82) is 0 Å². The third-order valence-corrected chi connectivity index (χ3v) is 11.9. The first-order valence-electron chi connectivity index (χ1n) is 25.4. The molecule has 0 heterocycles. The fourth-order valence-corrected chi connectivity index (χ4v) is 8.05. The van der Waals surface area contributed by atoms with E-state index in [9.17, 15) is 14.4 Å². The van der Waals surface area contributed by atoms with Crippen LogP contribution in [0.2, 0.25) is 0 Å². The van der Waals surface area contributed by atoms with E-state index in [-0.39, 0.29) is 24.5 Å². The summed E-state index contributed by atoms with van der Waals surface area (Å²) in [7, 11) is 0. The zero-order valence-corrected chi connectivity index (χ0v) is 38.2. The van der Waals surface area contributed by atoms with Gasteiger partial charge in [0.1, 0.15) is 19.0 Å². The molecule has 0 aromatic rings. The summed E-state index contributed by atoms with van der Waals surface area (Å²) >= 11 is 0. The lowest BCUT2D eigenvalue weighted by molar-refractivity contribution is -0.160. The highest BCUT2D eigenvalue weighted by atomic mass is 16.6. The lowest BCUT2D eigenvalue weighted by Gasteiger charge is -2.21. The van der Waals surface area contributed by atoms with Gasteiger partial charge in [-0.15, -0.1) is 0 Å². The maximum Gasteiger partial charge on any atom is 0.306 e. The van der Waals surface area contributed by atoms with Crippen LogP contribution in [0.15, 0.2) is 0 Å². The van der Waals surface area contributed by atoms with Crippen molar-refractivity contribution in [2.24, 2.45) is 5.92 Å². The van der Waals surface area contributed by atoms with Gasteiger partial charge in [-0.2, -0.15) is 0 Å². The molecule has 0 spiro atoms. The lowest BCUT2D eigenvalue weighted by Crippen LogP contribution is -2.28. The summed E-state index contributed by atoms with van der Waals surface area (Å²) in [6, 6.07) is 0. The predicted molar refractivity (Wildman–Crippen MR) is 241 cm³/mol. The van der Waals surface area contributed by atoms with Crippen molar-refractivity contribution in [3.63, 3.8) is 0 Å².